The van der Waals surface area contributed by atoms with Gasteiger partial charge in [-0.15, -0.1) is 0 Å². The molecule has 3 nitrogen and oxygen atoms in total. The monoisotopic (exact) mass is 342 g/mol. The number of rotatable bonds is 5. The number of amides is 1. The van der Waals surface area contributed by atoms with E-state index in [4.69, 9.17) is 11.6 Å². The number of hydrogen-bond donors (Lipinski definition) is 1. The Morgan fingerprint density at radius 2 is 1.71 bits per heavy atom. The van der Waals surface area contributed by atoms with Crippen molar-refractivity contribution >= 4 is 17.5 Å². The Kier molecular flexibility index (Phi) is 5.22. The number of nitrogens with zero attached hydrogens (tertiary/aromatic N) is 1. The smallest absolute Gasteiger partial charge is 0.228 e. The molecule has 0 bridgehead atoms. The van der Waals surface area contributed by atoms with Crippen molar-refractivity contribution in [1.82, 2.24) is 10.2 Å². The molecule has 0 saturated carbocycles. The molecule has 0 fully saturated rings. The SMILES string of the molecule is CN(C)CCCC1C(=O)NC(c2ccc(Cl)cc2)c2ccccc21. The van der Waals surface area contributed by atoms with Crippen LogP contribution < -0.4 is 5.32 Å². The van der Waals surface area contributed by atoms with E-state index in [-0.39, 0.29) is 17.9 Å². The molecule has 0 aromatic heterocycles. The second kappa shape index (κ2) is 7.37. The lowest BCUT2D eigenvalue weighted by molar-refractivity contribution is -0.123. The molecule has 1 aliphatic rings. The van der Waals surface area contributed by atoms with Crippen LogP contribution in [0.4, 0.5) is 0 Å². The molecule has 0 saturated heterocycles. The Balaban J connectivity index is 1.89. The zero-order valence-electron chi connectivity index (χ0n) is 14.1. The number of benzene rings is 2. The van der Waals surface area contributed by atoms with E-state index in [0.29, 0.717) is 5.02 Å². The summed E-state index contributed by atoms with van der Waals surface area (Å²) in [6.45, 7) is 0.993. The molecule has 2 aromatic carbocycles. The van der Waals surface area contributed by atoms with Crippen LogP contribution >= 0.6 is 11.6 Å². The third kappa shape index (κ3) is 3.63. The molecule has 0 aliphatic carbocycles. The van der Waals surface area contributed by atoms with Gasteiger partial charge in [0, 0.05) is 5.02 Å². The van der Waals surface area contributed by atoms with Crippen LogP contribution in [0.3, 0.4) is 0 Å². The molecule has 2 atom stereocenters. The van der Waals surface area contributed by atoms with Gasteiger partial charge in [0.1, 0.15) is 0 Å². The van der Waals surface area contributed by atoms with Gasteiger partial charge in [-0.25, -0.2) is 0 Å². The van der Waals surface area contributed by atoms with Crippen molar-refractivity contribution < 1.29 is 4.79 Å². The minimum Gasteiger partial charge on any atom is -0.345 e. The molecule has 2 aromatic rings. The maximum atomic E-state index is 12.7. The van der Waals surface area contributed by atoms with Crippen LogP contribution in [0.1, 0.15) is 41.5 Å². The molecule has 1 N–H and O–H groups in total. The first kappa shape index (κ1) is 17.0. The van der Waals surface area contributed by atoms with E-state index >= 15 is 0 Å². The highest BCUT2D eigenvalue weighted by molar-refractivity contribution is 6.30. The summed E-state index contributed by atoms with van der Waals surface area (Å²) >= 11 is 5.99. The second-order valence-electron chi connectivity index (χ2n) is 6.62. The minimum atomic E-state index is -0.101. The first-order chi connectivity index (χ1) is 11.6. The Morgan fingerprint density at radius 1 is 1.04 bits per heavy atom. The predicted octanol–water partition coefficient (Wildman–Crippen LogP) is 3.98. The quantitative estimate of drug-likeness (QED) is 0.891. The van der Waals surface area contributed by atoms with Gasteiger partial charge in [0.15, 0.2) is 0 Å². The Hall–Kier alpha value is -1.84. The minimum absolute atomic E-state index is 0.0651. The average molecular weight is 343 g/mol. The highest BCUT2D eigenvalue weighted by atomic mass is 35.5. The van der Waals surface area contributed by atoms with Crippen molar-refractivity contribution in [2.45, 2.75) is 24.8 Å². The van der Waals surface area contributed by atoms with Gasteiger partial charge < -0.3 is 10.2 Å². The summed E-state index contributed by atoms with van der Waals surface area (Å²) in [4.78, 5) is 14.9. The summed E-state index contributed by atoms with van der Waals surface area (Å²) in [5.74, 6) is 0.0529. The summed E-state index contributed by atoms with van der Waals surface area (Å²) in [7, 11) is 4.12. The number of fused-ring (bicyclic) bond motifs is 1. The first-order valence-corrected chi connectivity index (χ1v) is 8.73. The van der Waals surface area contributed by atoms with Crippen molar-refractivity contribution in [3.05, 3.63) is 70.2 Å². The highest BCUT2D eigenvalue weighted by Gasteiger charge is 2.33. The van der Waals surface area contributed by atoms with Gasteiger partial charge in [0.2, 0.25) is 5.91 Å². The van der Waals surface area contributed by atoms with E-state index in [1.54, 1.807) is 0 Å². The van der Waals surface area contributed by atoms with E-state index in [1.165, 1.54) is 5.56 Å². The molecule has 126 valence electrons. The van der Waals surface area contributed by atoms with Crippen LogP contribution in [0.25, 0.3) is 0 Å². The summed E-state index contributed by atoms with van der Waals surface area (Å²) in [5.41, 5.74) is 3.40. The molecule has 1 heterocycles. The molecule has 4 heteroatoms. The van der Waals surface area contributed by atoms with Crippen LogP contribution in [0, 0.1) is 0 Å². The zero-order chi connectivity index (χ0) is 17.1. The maximum Gasteiger partial charge on any atom is 0.228 e. The summed E-state index contributed by atoms with van der Waals surface area (Å²) in [6.07, 6.45) is 1.87. The number of carbonyl (C=O) groups excluding carboxylic acids is 1. The number of halogens is 1. The summed E-state index contributed by atoms with van der Waals surface area (Å²) < 4.78 is 0. The van der Waals surface area contributed by atoms with Crippen molar-refractivity contribution in [1.29, 1.82) is 0 Å². The number of nitrogens with one attached hydrogen (secondary N) is 1. The standard InChI is InChI=1S/C20H23ClN2O/c1-23(2)13-5-8-18-16-6-3-4-7-17(16)19(22-20(18)24)14-9-11-15(21)12-10-14/h3-4,6-7,9-12,18-19H,5,8,13H2,1-2H3,(H,22,24). The molecule has 0 spiro atoms. The third-order valence-electron chi connectivity index (χ3n) is 4.59. The predicted molar refractivity (Wildman–Crippen MR) is 98.4 cm³/mol. The fraction of sp³-hybridized carbons (Fsp3) is 0.350. The van der Waals surface area contributed by atoms with Crippen molar-refractivity contribution in [2.75, 3.05) is 20.6 Å². The van der Waals surface area contributed by atoms with E-state index in [0.717, 1.165) is 30.5 Å². The molecular weight excluding hydrogens is 320 g/mol. The maximum absolute atomic E-state index is 12.7. The van der Waals surface area contributed by atoms with Crippen molar-refractivity contribution in [3.8, 4) is 0 Å². The van der Waals surface area contributed by atoms with Gasteiger partial charge >= 0.3 is 0 Å². The molecule has 24 heavy (non-hydrogen) atoms. The van der Waals surface area contributed by atoms with E-state index < -0.39 is 0 Å². The van der Waals surface area contributed by atoms with Gasteiger partial charge in [-0.05, 0) is 62.3 Å². The number of carbonyl (C=O) groups is 1. The van der Waals surface area contributed by atoms with Crippen LogP contribution in [0.5, 0.6) is 0 Å². The van der Waals surface area contributed by atoms with Gasteiger partial charge in [0.05, 0.1) is 12.0 Å². The Labute approximate surface area is 148 Å². The van der Waals surface area contributed by atoms with Crippen LogP contribution in [-0.4, -0.2) is 31.4 Å². The van der Waals surface area contributed by atoms with Crippen LogP contribution in [-0.2, 0) is 4.79 Å². The fourth-order valence-electron chi connectivity index (χ4n) is 3.37. The first-order valence-electron chi connectivity index (χ1n) is 8.35. The van der Waals surface area contributed by atoms with Crippen molar-refractivity contribution in [2.24, 2.45) is 0 Å². The largest absolute Gasteiger partial charge is 0.345 e. The molecule has 3 rings (SSSR count). The molecule has 1 aliphatic heterocycles. The highest BCUT2D eigenvalue weighted by Crippen LogP contribution is 2.36. The lowest BCUT2D eigenvalue weighted by Crippen LogP contribution is -2.39. The molecular formula is C20H23ClN2O. The van der Waals surface area contributed by atoms with Gasteiger partial charge in [-0.2, -0.15) is 0 Å². The van der Waals surface area contributed by atoms with E-state index in [1.807, 2.05) is 36.4 Å². The van der Waals surface area contributed by atoms with Gasteiger partial charge in [-0.1, -0.05) is 48.0 Å². The molecule has 2 unspecified atom stereocenters. The third-order valence-corrected chi connectivity index (χ3v) is 4.84. The van der Waals surface area contributed by atoms with Gasteiger partial charge in [-0.3, -0.25) is 4.79 Å². The summed E-state index contributed by atoms with van der Waals surface area (Å²) in [6, 6.07) is 15.9. The van der Waals surface area contributed by atoms with Crippen LogP contribution in [0.15, 0.2) is 48.5 Å². The molecule has 0 radical (unpaired) electrons. The van der Waals surface area contributed by atoms with Crippen molar-refractivity contribution in [3.63, 3.8) is 0 Å². The Bertz CT molecular complexity index is 712. The normalized spacial score (nSPS) is 19.9. The lowest BCUT2D eigenvalue weighted by Gasteiger charge is -2.32. The van der Waals surface area contributed by atoms with Gasteiger partial charge in [0.25, 0.3) is 0 Å². The number of hydrogen-bond acceptors (Lipinski definition) is 2. The van der Waals surface area contributed by atoms with E-state index in [2.05, 4.69) is 36.4 Å². The average Bonchev–Trinajstić information content (AvgIpc) is 2.57. The zero-order valence-corrected chi connectivity index (χ0v) is 14.9. The fourth-order valence-corrected chi connectivity index (χ4v) is 3.50. The lowest BCUT2D eigenvalue weighted by atomic mass is 9.81. The Morgan fingerprint density at radius 3 is 2.38 bits per heavy atom. The molecule has 1 amide bonds. The second-order valence-corrected chi connectivity index (χ2v) is 7.06. The van der Waals surface area contributed by atoms with Crippen LogP contribution in [0.2, 0.25) is 5.02 Å². The van der Waals surface area contributed by atoms with E-state index in [9.17, 15) is 4.79 Å². The topological polar surface area (TPSA) is 32.3 Å². The summed E-state index contributed by atoms with van der Waals surface area (Å²) in [5, 5.41) is 3.91.